The molecule has 1 aliphatic rings. The maximum Gasteiger partial charge on any atom is 0.309 e. The average Bonchev–Trinajstić information content (AvgIpc) is 3.18. The van der Waals surface area contributed by atoms with Crippen LogP contribution in [0.1, 0.15) is 77.9 Å². The van der Waals surface area contributed by atoms with Crippen molar-refractivity contribution in [2.75, 3.05) is 0 Å². The fourth-order valence-electron chi connectivity index (χ4n) is 4.52. The number of aryl methyl sites for hydroxylation is 1. The molecule has 6 nitrogen and oxygen atoms in total. The van der Waals surface area contributed by atoms with Crippen molar-refractivity contribution in [3.8, 4) is 0 Å². The maximum atomic E-state index is 13.2. The van der Waals surface area contributed by atoms with Crippen molar-refractivity contribution < 1.29 is 24.5 Å². The van der Waals surface area contributed by atoms with Crippen molar-refractivity contribution in [1.29, 1.82) is 0 Å². The van der Waals surface area contributed by atoms with Gasteiger partial charge in [0.2, 0.25) is 0 Å². The van der Waals surface area contributed by atoms with Crippen LogP contribution in [0, 0.1) is 30.1 Å². The van der Waals surface area contributed by atoms with E-state index in [1.165, 1.54) is 0 Å². The Bertz CT molecular complexity index is 903. The Morgan fingerprint density at radius 3 is 2.53 bits per heavy atom. The number of hydrogen-bond donors (Lipinski definition) is 2. The molecular weight excluding hydrogens is 450 g/mol. The normalized spacial score (nSPS) is 33.4. The molecule has 34 heavy (non-hydrogen) atoms. The first-order valence-electron chi connectivity index (χ1n) is 12.2. The lowest BCUT2D eigenvalue weighted by atomic mass is 9.73. The molecule has 1 aliphatic heterocycles. The van der Waals surface area contributed by atoms with Crippen molar-refractivity contribution in [2.24, 2.45) is 23.2 Å². The quantitative estimate of drug-likeness (QED) is 0.440. The van der Waals surface area contributed by atoms with Crippen LogP contribution in [0.2, 0.25) is 0 Å². The fraction of sp³-hybridized carbons (Fsp3) is 0.667. The molecule has 7 heteroatoms. The SMILES string of the molecule is C/C(=C\c1csc(C)n1)[C@H]1OC(=O)C[C@H](O)C(C)(C)C(=O)[C@H](C)[C@@H](O)[C@@H](C)CCC/C=C\[C@@H]1C. The van der Waals surface area contributed by atoms with Gasteiger partial charge in [0.1, 0.15) is 11.9 Å². The lowest BCUT2D eigenvalue weighted by Gasteiger charge is -2.34. The Kier molecular flexibility index (Phi) is 10.2. The highest BCUT2D eigenvalue weighted by Crippen LogP contribution is 2.32. The Labute approximate surface area is 208 Å². The number of rotatable bonds is 2. The van der Waals surface area contributed by atoms with E-state index in [-0.39, 0.29) is 24.0 Å². The van der Waals surface area contributed by atoms with Crippen molar-refractivity contribution in [3.05, 3.63) is 33.8 Å². The molecule has 2 N–H and O–H groups in total. The van der Waals surface area contributed by atoms with Gasteiger partial charge in [0.05, 0.1) is 34.7 Å². The third kappa shape index (κ3) is 7.33. The van der Waals surface area contributed by atoms with Crippen molar-refractivity contribution in [1.82, 2.24) is 4.98 Å². The van der Waals surface area contributed by atoms with Gasteiger partial charge >= 0.3 is 5.97 Å². The standard InChI is InChI=1S/C27H41NO5S/c1-16-11-9-8-10-12-17(2)25(18(3)13-21-15-34-20(5)28-21)33-23(30)14-22(29)27(6,7)26(32)19(4)24(16)31/h10,12-13,15-17,19,22,24-25,29,31H,8-9,11,14H2,1-7H3/b12-10-,18-13+/t16-,17-,19+,22-,24-,25-/m0/s1. The number of hydrogen-bond acceptors (Lipinski definition) is 7. The highest BCUT2D eigenvalue weighted by molar-refractivity contribution is 7.09. The summed E-state index contributed by atoms with van der Waals surface area (Å²) >= 11 is 1.56. The number of thiazole rings is 1. The minimum atomic E-state index is -1.22. The predicted molar refractivity (Wildman–Crippen MR) is 136 cm³/mol. The molecule has 0 radical (unpaired) electrons. The summed E-state index contributed by atoms with van der Waals surface area (Å²) in [5.74, 6) is -1.58. The van der Waals surface area contributed by atoms with Gasteiger partial charge in [-0.3, -0.25) is 9.59 Å². The van der Waals surface area contributed by atoms with Gasteiger partial charge in [0.15, 0.2) is 0 Å². The Morgan fingerprint density at radius 2 is 1.91 bits per heavy atom. The van der Waals surface area contributed by atoms with Gasteiger partial charge in [-0.05, 0) is 50.7 Å². The Balaban J connectivity index is 2.34. The number of carbonyl (C=O) groups excluding carboxylic acids is 2. The van der Waals surface area contributed by atoms with Gasteiger partial charge in [-0.2, -0.15) is 0 Å². The van der Waals surface area contributed by atoms with Gasteiger partial charge < -0.3 is 14.9 Å². The molecule has 0 aliphatic carbocycles. The minimum absolute atomic E-state index is 0.0462. The molecule has 0 unspecified atom stereocenters. The highest BCUT2D eigenvalue weighted by Gasteiger charge is 2.42. The number of Topliss-reactive ketones (excluding diaryl/α,β-unsaturated/α-hetero) is 1. The van der Waals surface area contributed by atoms with E-state index in [1.807, 2.05) is 39.2 Å². The van der Waals surface area contributed by atoms with Crippen LogP contribution in [-0.2, 0) is 14.3 Å². The van der Waals surface area contributed by atoms with E-state index >= 15 is 0 Å². The van der Waals surface area contributed by atoms with Crippen LogP contribution in [0.4, 0.5) is 0 Å². The molecule has 2 rings (SSSR count). The largest absolute Gasteiger partial charge is 0.457 e. The van der Waals surface area contributed by atoms with Gasteiger partial charge in [0.25, 0.3) is 0 Å². The van der Waals surface area contributed by atoms with Crippen LogP contribution in [0.15, 0.2) is 23.1 Å². The van der Waals surface area contributed by atoms with Crippen LogP contribution in [0.5, 0.6) is 0 Å². The number of ketones is 1. The summed E-state index contributed by atoms with van der Waals surface area (Å²) in [7, 11) is 0. The summed E-state index contributed by atoms with van der Waals surface area (Å²) in [6, 6.07) is 0. The molecule has 0 fully saturated rings. The van der Waals surface area contributed by atoms with E-state index < -0.39 is 35.6 Å². The summed E-state index contributed by atoms with van der Waals surface area (Å²) in [5, 5.41) is 24.5. The molecular formula is C27H41NO5S. The number of allylic oxidation sites excluding steroid dienone is 1. The summed E-state index contributed by atoms with van der Waals surface area (Å²) in [6.07, 6.45) is 5.76. The number of aliphatic hydroxyl groups is 2. The van der Waals surface area contributed by atoms with Crippen molar-refractivity contribution >= 4 is 29.2 Å². The first kappa shape index (κ1) is 28.4. The summed E-state index contributed by atoms with van der Waals surface area (Å²) in [6.45, 7) is 12.8. The Hall–Kier alpha value is -1.83. The van der Waals surface area contributed by atoms with E-state index in [0.29, 0.717) is 0 Å². The van der Waals surface area contributed by atoms with E-state index in [9.17, 15) is 19.8 Å². The molecule has 0 amide bonds. The Morgan fingerprint density at radius 1 is 1.24 bits per heavy atom. The second-order valence-corrected chi connectivity index (χ2v) is 11.4. The molecule has 0 aromatic carbocycles. The summed E-state index contributed by atoms with van der Waals surface area (Å²) in [4.78, 5) is 30.5. The van der Waals surface area contributed by atoms with E-state index in [2.05, 4.69) is 17.1 Å². The number of cyclic esters (lactones) is 1. The van der Waals surface area contributed by atoms with Crippen LogP contribution < -0.4 is 0 Å². The monoisotopic (exact) mass is 491 g/mol. The zero-order valence-electron chi connectivity index (χ0n) is 21.6. The molecule has 0 saturated carbocycles. The molecule has 1 aromatic heterocycles. The van der Waals surface area contributed by atoms with E-state index in [0.717, 1.165) is 35.5 Å². The van der Waals surface area contributed by atoms with Crippen LogP contribution in [0.25, 0.3) is 6.08 Å². The smallest absolute Gasteiger partial charge is 0.309 e. The molecule has 190 valence electrons. The lowest BCUT2D eigenvalue weighted by Crippen LogP contribution is -2.45. The summed E-state index contributed by atoms with van der Waals surface area (Å²) < 4.78 is 5.86. The molecule has 0 bridgehead atoms. The minimum Gasteiger partial charge on any atom is -0.457 e. The van der Waals surface area contributed by atoms with Gasteiger partial charge in [0, 0.05) is 17.2 Å². The number of nitrogens with zero attached hydrogens (tertiary/aromatic N) is 1. The average molecular weight is 492 g/mol. The van der Waals surface area contributed by atoms with Crippen LogP contribution in [0.3, 0.4) is 0 Å². The first-order chi connectivity index (χ1) is 15.8. The fourth-order valence-corrected chi connectivity index (χ4v) is 5.09. The van der Waals surface area contributed by atoms with E-state index in [1.54, 1.807) is 32.1 Å². The lowest BCUT2D eigenvalue weighted by molar-refractivity contribution is -0.155. The predicted octanol–water partition coefficient (Wildman–Crippen LogP) is 5.12. The first-order valence-corrected chi connectivity index (χ1v) is 13.1. The van der Waals surface area contributed by atoms with E-state index in [4.69, 9.17) is 4.74 Å². The number of aliphatic hydroxyl groups excluding tert-OH is 2. The van der Waals surface area contributed by atoms with Crippen LogP contribution in [-0.4, -0.2) is 45.3 Å². The maximum absolute atomic E-state index is 13.2. The zero-order chi connectivity index (χ0) is 25.6. The number of aromatic nitrogens is 1. The third-order valence-corrected chi connectivity index (χ3v) is 7.80. The molecule has 1 aromatic rings. The van der Waals surface area contributed by atoms with Crippen molar-refractivity contribution in [3.63, 3.8) is 0 Å². The number of carbonyl (C=O) groups is 2. The molecule has 0 spiro atoms. The molecule has 0 saturated heterocycles. The van der Waals surface area contributed by atoms with Gasteiger partial charge in [-0.25, -0.2) is 4.98 Å². The highest BCUT2D eigenvalue weighted by atomic mass is 32.1. The number of esters is 1. The zero-order valence-corrected chi connectivity index (χ0v) is 22.4. The molecule has 6 atom stereocenters. The third-order valence-electron chi connectivity index (χ3n) is 7.00. The second kappa shape index (κ2) is 12.2. The topological polar surface area (TPSA) is 96.7 Å². The van der Waals surface area contributed by atoms with Gasteiger partial charge in [-0.15, -0.1) is 11.3 Å². The number of ether oxygens (including phenoxy) is 1. The second-order valence-electron chi connectivity index (χ2n) is 10.4. The van der Waals surface area contributed by atoms with Gasteiger partial charge in [-0.1, -0.05) is 46.8 Å². The van der Waals surface area contributed by atoms with Crippen molar-refractivity contribution in [2.45, 2.75) is 92.5 Å². The summed E-state index contributed by atoms with van der Waals surface area (Å²) in [5.41, 5.74) is 0.500. The van der Waals surface area contributed by atoms with Crippen LogP contribution >= 0.6 is 11.3 Å². The molecule has 2 heterocycles.